The Morgan fingerprint density at radius 1 is 0.805 bits per heavy atom. The first-order valence-electron chi connectivity index (χ1n) is 12.5. The second kappa shape index (κ2) is 13.2. The highest BCUT2D eigenvalue weighted by atomic mass is 16.7. The van der Waals surface area contributed by atoms with Crippen LogP contribution in [-0.2, 0) is 14.3 Å². The molecule has 1 aliphatic rings. The molecule has 6 N–H and O–H groups in total. The molecule has 11 heteroatoms. The van der Waals surface area contributed by atoms with Gasteiger partial charge in [0, 0.05) is 12.1 Å². The Morgan fingerprint density at radius 2 is 1.51 bits per heavy atom. The molecule has 0 saturated carbocycles. The standard InChI is InChI=1S/C30H30O11/c1-38-24-14-18(6-10-23(24)33)2-3-19-12-21(32)15-22(13-19)40-30-29(37)28(36)27(35)25(41-30)16-39-26(34)11-7-17-4-8-20(31)9-5-17/h2-15,25,27-33,35-37H,16H2,1H3/b3-2+,11-7+/t25-,27-,28+,29-,30-/m1/s1. The minimum atomic E-state index is -1.67. The smallest absolute Gasteiger partial charge is 0.330 e. The maximum atomic E-state index is 12.2. The number of hydrogen-bond donors (Lipinski definition) is 6. The van der Waals surface area contributed by atoms with Gasteiger partial charge < -0.3 is 49.6 Å². The van der Waals surface area contributed by atoms with Crippen molar-refractivity contribution >= 4 is 24.2 Å². The monoisotopic (exact) mass is 566 g/mol. The number of rotatable bonds is 9. The predicted octanol–water partition coefficient (Wildman–Crippen LogP) is 2.43. The minimum absolute atomic E-state index is 0.00495. The Kier molecular flexibility index (Phi) is 9.48. The van der Waals surface area contributed by atoms with E-state index >= 15 is 0 Å². The quantitative estimate of drug-likeness (QED) is 0.127. The molecule has 216 valence electrons. The molecule has 0 unspecified atom stereocenters. The summed E-state index contributed by atoms with van der Waals surface area (Å²) in [5.74, 6) is -0.434. The normalized spacial score (nSPS) is 22.6. The van der Waals surface area contributed by atoms with Crippen molar-refractivity contribution in [2.75, 3.05) is 13.7 Å². The molecule has 1 heterocycles. The van der Waals surface area contributed by atoms with Gasteiger partial charge in [-0.2, -0.15) is 0 Å². The van der Waals surface area contributed by atoms with E-state index < -0.39 is 43.3 Å². The molecule has 11 nitrogen and oxygen atoms in total. The number of phenols is 3. The largest absolute Gasteiger partial charge is 0.508 e. The Morgan fingerprint density at radius 3 is 2.24 bits per heavy atom. The van der Waals surface area contributed by atoms with Crippen LogP contribution in [0, 0.1) is 0 Å². The lowest BCUT2D eigenvalue weighted by Gasteiger charge is -2.39. The minimum Gasteiger partial charge on any atom is -0.508 e. The van der Waals surface area contributed by atoms with Crippen molar-refractivity contribution in [3.63, 3.8) is 0 Å². The summed E-state index contributed by atoms with van der Waals surface area (Å²) in [6.45, 7) is -0.451. The summed E-state index contributed by atoms with van der Waals surface area (Å²) < 4.78 is 21.5. The van der Waals surface area contributed by atoms with Gasteiger partial charge in [-0.1, -0.05) is 30.4 Å². The molecule has 0 amide bonds. The van der Waals surface area contributed by atoms with Crippen LogP contribution in [0.1, 0.15) is 16.7 Å². The third kappa shape index (κ3) is 7.77. The van der Waals surface area contributed by atoms with E-state index in [-0.39, 0.29) is 23.0 Å². The number of benzene rings is 3. The molecule has 0 aromatic heterocycles. The number of esters is 1. The molecule has 3 aromatic carbocycles. The van der Waals surface area contributed by atoms with Crippen molar-refractivity contribution in [1.29, 1.82) is 0 Å². The fraction of sp³-hybridized carbons (Fsp3) is 0.233. The van der Waals surface area contributed by atoms with E-state index in [1.807, 2.05) is 0 Å². The van der Waals surface area contributed by atoms with Crippen molar-refractivity contribution in [2.45, 2.75) is 30.7 Å². The zero-order chi connectivity index (χ0) is 29.5. The number of methoxy groups -OCH3 is 1. The molecule has 1 fully saturated rings. The van der Waals surface area contributed by atoms with Gasteiger partial charge in [-0.3, -0.25) is 0 Å². The van der Waals surface area contributed by atoms with E-state index in [2.05, 4.69) is 0 Å². The second-order valence-electron chi connectivity index (χ2n) is 9.21. The first-order chi connectivity index (χ1) is 19.6. The van der Waals surface area contributed by atoms with E-state index in [0.29, 0.717) is 22.4 Å². The SMILES string of the molecule is COc1cc(/C=C/c2cc(O)cc(O[C@@H]3O[C@H](COC(=O)/C=C/c4ccc(O)cc4)[C@@H](O)[C@H](O)[C@H]3O)c2)ccc1O. The van der Waals surface area contributed by atoms with Gasteiger partial charge in [0.25, 0.3) is 0 Å². The van der Waals surface area contributed by atoms with Crippen LogP contribution in [0.2, 0.25) is 0 Å². The Balaban J connectivity index is 1.41. The number of aromatic hydroxyl groups is 3. The fourth-order valence-corrected chi connectivity index (χ4v) is 4.01. The number of aliphatic hydroxyl groups excluding tert-OH is 3. The first kappa shape index (κ1) is 29.4. The van der Waals surface area contributed by atoms with Crippen LogP contribution >= 0.6 is 0 Å². The molecule has 5 atom stereocenters. The molecule has 0 aliphatic carbocycles. The Hall–Kier alpha value is -4.55. The van der Waals surface area contributed by atoms with Gasteiger partial charge in [-0.25, -0.2) is 4.79 Å². The summed E-state index contributed by atoms with van der Waals surface area (Å²) in [4.78, 5) is 12.2. The van der Waals surface area contributed by atoms with E-state index in [0.717, 1.165) is 6.08 Å². The lowest BCUT2D eigenvalue weighted by molar-refractivity contribution is -0.278. The number of carbonyl (C=O) groups excluding carboxylic acids is 1. The molecule has 0 spiro atoms. The number of carbonyl (C=O) groups is 1. The molecule has 1 saturated heterocycles. The molecule has 4 rings (SSSR count). The Bertz CT molecular complexity index is 1400. The highest BCUT2D eigenvalue weighted by Gasteiger charge is 2.45. The third-order valence-electron chi connectivity index (χ3n) is 6.20. The highest BCUT2D eigenvalue weighted by Crippen LogP contribution is 2.30. The molecule has 41 heavy (non-hydrogen) atoms. The van der Waals surface area contributed by atoms with Crippen molar-refractivity contribution in [2.24, 2.45) is 0 Å². The summed E-state index contributed by atoms with van der Waals surface area (Å²) in [5.41, 5.74) is 1.87. The van der Waals surface area contributed by atoms with Crippen LogP contribution < -0.4 is 9.47 Å². The van der Waals surface area contributed by atoms with Crippen LogP contribution in [0.4, 0.5) is 0 Å². The third-order valence-corrected chi connectivity index (χ3v) is 6.20. The maximum Gasteiger partial charge on any atom is 0.330 e. The van der Waals surface area contributed by atoms with Gasteiger partial charge in [-0.15, -0.1) is 0 Å². The van der Waals surface area contributed by atoms with Crippen molar-refractivity contribution in [3.8, 4) is 28.7 Å². The van der Waals surface area contributed by atoms with Gasteiger partial charge in [0.05, 0.1) is 7.11 Å². The van der Waals surface area contributed by atoms with Gasteiger partial charge in [0.15, 0.2) is 11.5 Å². The van der Waals surface area contributed by atoms with E-state index in [1.165, 1.54) is 43.5 Å². The summed E-state index contributed by atoms with van der Waals surface area (Å²) in [6, 6.07) is 15.2. The average molecular weight is 567 g/mol. The number of hydrogen-bond acceptors (Lipinski definition) is 11. The summed E-state index contributed by atoms with van der Waals surface area (Å²) in [6.07, 6.45) is -1.61. The lowest BCUT2D eigenvalue weighted by atomic mass is 9.99. The topological polar surface area (TPSA) is 175 Å². The van der Waals surface area contributed by atoms with E-state index in [9.17, 15) is 35.4 Å². The van der Waals surface area contributed by atoms with Gasteiger partial charge in [0.2, 0.25) is 6.29 Å². The second-order valence-corrected chi connectivity index (χ2v) is 9.21. The van der Waals surface area contributed by atoms with Crippen LogP contribution in [0.15, 0.2) is 66.7 Å². The summed E-state index contributed by atoms with van der Waals surface area (Å²) in [5, 5.41) is 60.5. The number of aliphatic hydroxyl groups is 3. The van der Waals surface area contributed by atoms with Crippen molar-refractivity contribution in [3.05, 3.63) is 83.4 Å². The maximum absolute atomic E-state index is 12.2. The van der Waals surface area contributed by atoms with Crippen LogP contribution in [0.3, 0.4) is 0 Å². The van der Waals surface area contributed by atoms with Crippen LogP contribution in [0.25, 0.3) is 18.2 Å². The predicted molar refractivity (Wildman–Crippen MR) is 147 cm³/mol. The van der Waals surface area contributed by atoms with Gasteiger partial charge in [-0.05, 0) is 59.2 Å². The molecule has 0 bridgehead atoms. The van der Waals surface area contributed by atoms with Gasteiger partial charge in [0.1, 0.15) is 48.3 Å². The summed E-state index contributed by atoms with van der Waals surface area (Å²) in [7, 11) is 1.43. The zero-order valence-electron chi connectivity index (χ0n) is 21.9. The summed E-state index contributed by atoms with van der Waals surface area (Å²) >= 11 is 0. The van der Waals surface area contributed by atoms with E-state index in [4.69, 9.17) is 18.9 Å². The average Bonchev–Trinajstić information content (AvgIpc) is 2.95. The van der Waals surface area contributed by atoms with Crippen LogP contribution in [-0.4, -0.2) is 81.0 Å². The molecule has 1 aliphatic heterocycles. The molecule has 3 aromatic rings. The van der Waals surface area contributed by atoms with Crippen molar-refractivity contribution in [1.82, 2.24) is 0 Å². The Labute approximate surface area is 235 Å². The van der Waals surface area contributed by atoms with Gasteiger partial charge >= 0.3 is 5.97 Å². The lowest BCUT2D eigenvalue weighted by Crippen LogP contribution is -2.60. The van der Waals surface area contributed by atoms with Crippen molar-refractivity contribution < 1.29 is 54.4 Å². The highest BCUT2D eigenvalue weighted by molar-refractivity contribution is 5.87. The van der Waals surface area contributed by atoms with Crippen LogP contribution in [0.5, 0.6) is 28.7 Å². The zero-order valence-corrected chi connectivity index (χ0v) is 21.9. The van der Waals surface area contributed by atoms with E-state index in [1.54, 1.807) is 42.5 Å². The fourth-order valence-electron chi connectivity index (χ4n) is 4.01. The molecule has 0 radical (unpaired) electrons. The first-order valence-corrected chi connectivity index (χ1v) is 12.5. The number of phenolic OH excluding ortho intramolecular Hbond substituents is 3. The molecular formula is C30H30O11. The molecular weight excluding hydrogens is 536 g/mol. The number of ether oxygens (including phenoxy) is 4.